The van der Waals surface area contributed by atoms with Crippen LogP contribution in [0.25, 0.3) is 0 Å². The zero-order valence-electron chi connectivity index (χ0n) is 17.8. The third-order valence-electron chi connectivity index (χ3n) is 4.91. The largest absolute Gasteiger partial charge is 0.465 e. The van der Waals surface area contributed by atoms with Gasteiger partial charge in [0.15, 0.2) is 0 Å². The topological polar surface area (TPSA) is 111 Å². The Balaban J connectivity index is 1.68. The summed E-state index contributed by atoms with van der Waals surface area (Å²) < 4.78 is 14.9. The molecule has 0 spiro atoms. The molecule has 9 nitrogen and oxygen atoms in total. The first-order valence-corrected chi connectivity index (χ1v) is 9.97. The number of hydrogen-bond acceptors (Lipinski definition) is 7. The number of anilines is 1. The van der Waals surface area contributed by atoms with Crippen molar-refractivity contribution in [2.45, 2.75) is 19.1 Å². The third kappa shape index (κ3) is 5.70. The van der Waals surface area contributed by atoms with Crippen molar-refractivity contribution in [2.75, 3.05) is 32.7 Å². The van der Waals surface area contributed by atoms with Crippen molar-refractivity contribution in [3.05, 3.63) is 65.2 Å². The lowest BCUT2D eigenvalue weighted by Crippen LogP contribution is -2.48. The maximum Gasteiger partial charge on any atom is 0.337 e. The summed E-state index contributed by atoms with van der Waals surface area (Å²) in [7, 11) is 2.41. The number of nitrogens with one attached hydrogen (secondary N) is 1. The second-order valence-corrected chi connectivity index (χ2v) is 7.14. The van der Waals surface area contributed by atoms with Gasteiger partial charge in [0.2, 0.25) is 5.91 Å². The van der Waals surface area contributed by atoms with E-state index in [0.717, 1.165) is 5.56 Å². The number of amides is 2. The SMILES string of the molecule is COC(=O)c1cc(NC(=O)C[C@H]2OCCN(Cc3ccccc3)C2=O)cc(C(=O)OC)c1. The Hall–Kier alpha value is -3.72. The molecule has 32 heavy (non-hydrogen) atoms. The molecule has 1 saturated heterocycles. The van der Waals surface area contributed by atoms with Gasteiger partial charge >= 0.3 is 11.9 Å². The fourth-order valence-corrected chi connectivity index (χ4v) is 3.35. The van der Waals surface area contributed by atoms with Crippen LogP contribution >= 0.6 is 0 Å². The Kier molecular flexibility index (Phi) is 7.56. The molecular weight excluding hydrogens is 416 g/mol. The molecule has 2 aromatic rings. The molecule has 1 aliphatic rings. The quantitative estimate of drug-likeness (QED) is 0.656. The highest BCUT2D eigenvalue weighted by Gasteiger charge is 2.31. The fraction of sp³-hybridized carbons (Fsp3) is 0.304. The van der Waals surface area contributed by atoms with Gasteiger partial charge in [-0.15, -0.1) is 0 Å². The van der Waals surface area contributed by atoms with E-state index in [-0.39, 0.29) is 29.1 Å². The lowest BCUT2D eigenvalue weighted by atomic mass is 10.1. The fourth-order valence-electron chi connectivity index (χ4n) is 3.35. The number of carbonyl (C=O) groups excluding carboxylic acids is 4. The minimum absolute atomic E-state index is 0.0738. The van der Waals surface area contributed by atoms with Gasteiger partial charge in [0.1, 0.15) is 6.10 Å². The molecule has 9 heteroatoms. The maximum atomic E-state index is 12.8. The molecule has 0 aromatic heterocycles. The average molecular weight is 440 g/mol. The average Bonchev–Trinajstić information content (AvgIpc) is 2.81. The molecular formula is C23H24N2O7. The number of carbonyl (C=O) groups is 4. The molecule has 1 aliphatic heterocycles. The van der Waals surface area contributed by atoms with Crippen LogP contribution in [0.3, 0.4) is 0 Å². The van der Waals surface area contributed by atoms with E-state index in [9.17, 15) is 19.2 Å². The van der Waals surface area contributed by atoms with E-state index in [0.29, 0.717) is 19.7 Å². The lowest BCUT2D eigenvalue weighted by Gasteiger charge is -2.32. The summed E-state index contributed by atoms with van der Waals surface area (Å²) in [4.78, 5) is 50.8. The first-order chi connectivity index (χ1) is 15.4. The number of morpholine rings is 1. The van der Waals surface area contributed by atoms with Gasteiger partial charge in [-0.3, -0.25) is 9.59 Å². The highest BCUT2D eigenvalue weighted by atomic mass is 16.5. The summed E-state index contributed by atoms with van der Waals surface area (Å²) >= 11 is 0. The van der Waals surface area contributed by atoms with Crippen molar-refractivity contribution in [3.63, 3.8) is 0 Å². The maximum absolute atomic E-state index is 12.8. The lowest BCUT2D eigenvalue weighted by molar-refractivity contribution is -0.155. The Bertz CT molecular complexity index is 972. The molecule has 2 amide bonds. The molecule has 3 rings (SSSR count). The van der Waals surface area contributed by atoms with Gasteiger partial charge in [-0.1, -0.05) is 30.3 Å². The summed E-state index contributed by atoms with van der Waals surface area (Å²) in [6.07, 6.45) is -1.13. The van der Waals surface area contributed by atoms with E-state index in [1.165, 1.54) is 32.4 Å². The molecule has 0 unspecified atom stereocenters. The van der Waals surface area contributed by atoms with Crippen LogP contribution in [0.2, 0.25) is 0 Å². The van der Waals surface area contributed by atoms with Gasteiger partial charge in [-0.2, -0.15) is 0 Å². The zero-order chi connectivity index (χ0) is 23.1. The minimum Gasteiger partial charge on any atom is -0.465 e. The highest BCUT2D eigenvalue weighted by molar-refractivity contribution is 6.00. The normalized spacial score (nSPS) is 15.8. The minimum atomic E-state index is -0.920. The Labute approximate surface area is 185 Å². The molecule has 168 valence electrons. The summed E-state index contributed by atoms with van der Waals surface area (Å²) in [6, 6.07) is 13.6. The Morgan fingerprint density at radius 1 is 1.03 bits per heavy atom. The standard InChI is InChI=1S/C23H24N2O7/c1-30-22(28)16-10-17(23(29)31-2)12-18(11-16)24-20(26)13-19-21(27)25(8-9-32-19)14-15-6-4-3-5-7-15/h3-7,10-12,19H,8-9,13-14H2,1-2H3,(H,24,26)/t19-/m1/s1. The monoisotopic (exact) mass is 440 g/mol. The smallest absolute Gasteiger partial charge is 0.337 e. The van der Waals surface area contributed by atoms with Crippen LogP contribution in [-0.2, 0) is 30.3 Å². The third-order valence-corrected chi connectivity index (χ3v) is 4.91. The molecule has 1 fully saturated rings. The van der Waals surface area contributed by atoms with Crippen molar-refractivity contribution in [1.82, 2.24) is 4.90 Å². The van der Waals surface area contributed by atoms with Crippen molar-refractivity contribution in [1.29, 1.82) is 0 Å². The molecule has 0 bridgehead atoms. The van der Waals surface area contributed by atoms with Crippen LogP contribution in [0, 0.1) is 0 Å². The number of rotatable bonds is 7. The number of benzene rings is 2. The first-order valence-electron chi connectivity index (χ1n) is 9.97. The number of hydrogen-bond donors (Lipinski definition) is 1. The second-order valence-electron chi connectivity index (χ2n) is 7.14. The van der Waals surface area contributed by atoms with E-state index in [1.54, 1.807) is 4.90 Å². The van der Waals surface area contributed by atoms with Gasteiger partial charge in [-0.25, -0.2) is 9.59 Å². The highest BCUT2D eigenvalue weighted by Crippen LogP contribution is 2.19. The summed E-state index contributed by atoms with van der Waals surface area (Å²) in [5, 5.41) is 2.61. The predicted molar refractivity (Wildman–Crippen MR) is 114 cm³/mol. The summed E-state index contributed by atoms with van der Waals surface area (Å²) in [5.41, 5.74) is 1.33. The van der Waals surface area contributed by atoms with Crippen molar-refractivity contribution in [3.8, 4) is 0 Å². The van der Waals surface area contributed by atoms with Gasteiger partial charge in [0.05, 0.1) is 38.4 Å². The Morgan fingerprint density at radius 2 is 1.66 bits per heavy atom. The van der Waals surface area contributed by atoms with Crippen LogP contribution in [0.1, 0.15) is 32.7 Å². The molecule has 1 heterocycles. The van der Waals surface area contributed by atoms with Crippen molar-refractivity contribution < 1.29 is 33.4 Å². The molecule has 0 aliphatic carbocycles. The zero-order valence-corrected chi connectivity index (χ0v) is 17.8. The van der Waals surface area contributed by atoms with Gasteiger partial charge < -0.3 is 24.4 Å². The molecule has 0 radical (unpaired) electrons. The molecule has 0 saturated carbocycles. The predicted octanol–water partition coefficient (Wildman–Crippen LogP) is 2.02. The van der Waals surface area contributed by atoms with E-state index >= 15 is 0 Å². The first kappa shape index (κ1) is 23.0. The van der Waals surface area contributed by atoms with Crippen molar-refractivity contribution in [2.24, 2.45) is 0 Å². The second kappa shape index (κ2) is 10.5. The van der Waals surface area contributed by atoms with Crippen LogP contribution in [-0.4, -0.2) is 62.1 Å². The molecule has 1 N–H and O–H groups in total. The summed E-state index contributed by atoms with van der Waals surface area (Å²) in [5.74, 6) is -2.11. The van der Waals surface area contributed by atoms with Gasteiger partial charge in [0, 0.05) is 18.8 Å². The summed E-state index contributed by atoms with van der Waals surface area (Å²) in [6.45, 7) is 1.20. The van der Waals surface area contributed by atoms with Crippen LogP contribution < -0.4 is 5.32 Å². The van der Waals surface area contributed by atoms with E-state index < -0.39 is 23.9 Å². The van der Waals surface area contributed by atoms with Crippen LogP contribution in [0.4, 0.5) is 5.69 Å². The Morgan fingerprint density at radius 3 is 2.25 bits per heavy atom. The van der Waals surface area contributed by atoms with E-state index in [4.69, 9.17) is 4.74 Å². The van der Waals surface area contributed by atoms with Gasteiger partial charge in [-0.05, 0) is 23.8 Å². The van der Waals surface area contributed by atoms with Gasteiger partial charge in [0.25, 0.3) is 5.91 Å². The van der Waals surface area contributed by atoms with Crippen LogP contribution in [0.5, 0.6) is 0 Å². The molecule has 2 aromatic carbocycles. The number of ether oxygens (including phenoxy) is 3. The number of esters is 2. The molecule has 1 atom stereocenters. The van der Waals surface area contributed by atoms with Crippen molar-refractivity contribution >= 4 is 29.4 Å². The van der Waals surface area contributed by atoms with E-state index in [1.807, 2.05) is 30.3 Å². The number of methoxy groups -OCH3 is 2. The van der Waals surface area contributed by atoms with E-state index in [2.05, 4.69) is 14.8 Å². The van der Waals surface area contributed by atoms with Crippen LogP contribution in [0.15, 0.2) is 48.5 Å². The number of nitrogens with zero attached hydrogens (tertiary/aromatic N) is 1.